The first-order chi connectivity index (χ1) is 13.4. The fraction of sp³-hybridized carbons (Fsp3) is 0.571. The van der Waals surface area contributed by atoms with Crippen LogP contribution in [0.15, 0.2) is 21.3 Å². The number of carbonyl (C=O) groups excluding carboxylic acids is 1. The van der Waals surface area contributed by atoms with E-state index in [2.05, 4.69) is 29.1 Å². The van der Waals surface area contributed by atoms with Crippen molar-refractivity contribution >= 4 is 35.0 Å². The van der Waals surface area contributed by atoms with E-state index in [1.54, 1.807) is 11.8 Å². The number of ether oxygens (including phenoxy) is 1. The van der Waals surface area contributed by atoms with Crippen molar-refractivity contribution < 1.29 is 9.53 Å². The van der Waals surface area contributed by atoms with Crippen molar-refractivity contribution in [2.75, 3.05) is 11.4 Å². The summed E-state index contributed by atoms with van der Waals surface area (Å²) >= 11 is 6.31. The molecule has 0 aromatic carbocycles. The summed E-state index contributed by atoms with van der Waals surface area (Å²) in [5, 5.41) is 11.4. The number of hydrogen-bond acceptors (Lipinski definition) is 4. The van der Waals surface area contributed by atoms with Crippen LogP contribution in [-0.4, -0.2) is 29.6 Å². The maximum Gasteiger partial charge on any atom is 0.224 e. The molecule has 0 unspecified atom stereocenters. The predicted molar refractivity (Wildman–Crippen MR) is 110 cm³/mol. The Morgan fingerprint density at radius 3 is 2.75 bits per heavy atom. The number of amides is 1. The van der Waals surface area contributed by atoms with Gasteiger partial charge in [0, 0.05) is 30.0 Å². The number of aromatic nitrogens is 1. The van der Waals surface area contributed by atoms with Gasteiger partial charge in [0.15, 0.2) is 0 Å². The Bertz CT molecular complexity index is 952. The molecule has 0 radical (unpaired) electrons. The minimum atomic E-state index is -0.00512. The van der Waals surface area contributed by atoms with E-state index in [4.69, 9.17) is 16.3 Å². The van der Waals surface area contributed by atoms with Gasteiger partial charge in [0.1, 0.15) is 0 Å². The number of allylic oxidation sites excluding steroid dienone is 1. The second-order valence-electron chi connectivity index (χ2n) is 8.05. The summed E-state index contributed by atoms with van der Waals surface area (Å²) in [6.45, 7) is 6.70. The van der Waals surface area contributed by atoms with Crippen molar-refractivity contribution in [1.82, 2.24) is 4.98 Å². The van der Waals surface area contributed by atoms with E-state index in [9.17, 15) is 4.79 Å². The highest BCUT2D eigenvalue weighted by Gasteiger charge is 2.29. The number of halogens is 1. The third kappa shape index (κ3) is 3.67. The topological polar surface area (TPSA) is 70.0 Å². The third-order valence-electron chi connectivity index (χ3n) is 5.69. The van der Waals surface area contributed by atoms with E-state index in [1.807, 2.05) is 12.2 Å². The number of carbonyl (C=O) groups is 1. The van der Waals surface area contributed by atoms with Gasteiger partial charge in [0.2, 0.25) is 5.91 Å². The summed E-state index contributed by atoms with van der Waals surface area (Å²) in [5.74, 6) is 0.350. The fourth-order valence-electron chi connectivity index (χ4n) is 4.46. The number of nitrogens with zero attached hydrogens (tertiary/aromatic N) is 3. The van der Waals surface area contributed by atoms with Crippen molar-refractivity contribution in [2.24, 2.45) is 16.1 Å². The Kier molecular flexibility index (Phi) is 5.43. The highest BCUT2D eigenvalue weighted by Crippen LogP contribution is 2.34. The molecule has 1 amide bonds. The van der Waals surface area contributed by atoms with Crippen LogP contribution >= 0.6 is 11.6 Å². The molecule has 3 aliphatic rings. The van der Waals surface area contributed by atoms with Crippen LogP contribution in [0.5, 0.6) is 0 Å². The molecule has 4 rings (SSSR count). The Hall–Kier alpha value is -1.92. The van der Waals surface area contributed by atoms with Gasteiger partial charge in [-0.2, -0.15) is 10.2 Å². The van der Waals surface area contributed by atoms with Crippen LogP contribution in [0.4, 0.5) is 5.69 Å². The summed E-state index contributed by atoms with van der Waals surface area (Å²) in [6.07, 6.45) is 8.50. The van der Waals surface area contributed by atoms with Crippen molar-refractivity contribution in [1.29, 1.82) is 0 Å². The van der Waals surface area contributed by atoms with Crippen molar-refractivity contribution in [2.45, 2.75) is 65.2 Å². The standard InChI is InChI=1S/C21H27ClN4O2/c1-12(2)28-16-6-4-14(5-7-16)19-20-17(11-23-25-19)21-18(24-20)10-15(22)8-9-26(21)13(3)27/h8,10,12,14,16,24H,4-7,9,11H2,1-3H3. The molecular weight excluding hydrogens is 376 g/mol. The molecule has 1 fully saturated rings. The van der Waals surface area contributed by atoms with Crippen LogP contribution in [0.25, 0.3) is 11.8 Å². The lowest BCUT2D eigenvalue weighted by Crippen LogP contribution is -2.32. The number of nitrogens with one attached hydrogen (secondary N) is 1. The van der Waals surface area contributed by atoms with Gasteiger partial charge >= 0.3 is 0 Å². The van der Waals surface area contributed by atoms with Crippen LogP contribution in [0.3, 0.4) is 0 Å². The van der Waals surface area contributed by atoms with E-state index in [-0.39, 0.29) is 12.0 Å². The number of aromatic amines is 1. The highest BCUT2D eigenvalue weighted by atomic mass is 35.5. The van der Waals surface area contributed by atoms with E-state index < -0.39 is 0 Å². The zero-order valence-corrected chi connectivity index (χ0v) is 17.4. The van der Waals surface area contributed by atoms with Crippen molar-refractivity contribution in [3.8, 4) is 0 Å². The fourth-order valence-corrected chi connectivity index (χ4v) is 4.64. The molecular formula is C21H27ClN4O2. The maximum atomic E-state index is 12.3. The molecule has 0 spiro atoms. The number of hydrogen-bond donors (Lipinski definition) is 1. The largest absolute Gasteiger partial charge is 0.376 e. The van der Waals surface area contributed by atoms with Crippen LogP contribution in [0, 0.1) is 5.92 Å². The second-order valence-corrected chi connectivity index (χ2v) is 8.48. The normalized spacial score (nSPS) is 24.4. The summed E-state index contributed by atoms with van der Waals surface area (Å²) in [6, 6.07) is 0. The molecule has 1 N–H and O–H groups in total. The number of azo groups is 1. The Balaban J connectivity index is 1.73. The first-order valence-electron chi connectivity index (χ1n) is 10.1. The quantitative estimate of drug-likeness (QED) is 0.842. The van der Waals surface area contributed by atoms with Gasteiger partial charge in [-0.25, -0.2) is 0 Å². The first kappa shape index (κ1) is 19.4. The molecule has 1 aliphatic carbocycles. The van der Waals surface area contributed by atoms with Gasteiger partial charge < -0.3 is 14.6 Å². The third-order valence-corrected chi connectivity index (χ3v) is 5.96. The van der Waals surface area contributed by atoms with Crippen molar-refractivity contribution in [3.63, 3.8) is 0 Å². The van der Waals surface area contributed by atoms with Gasteiger partial charge in [0.05, 0.1) is 40.8 Å². The van der Waals surface area contributed by atoms with E-state index in [1.165, 1.54) is 0 Å². The SMILES string of the molecule is CC(=O)N1CC=C(Cl)C=c2[nH]c3c(c21)CN=NC=3C1CCC(OC(C)C)CC1. The Labute approximate surface area is 170 Å². The van der Waals surface area contributed by atoms with Crippen molar-refractivity contribution in [3.05, 3.63) is 27.4 Å². The van der Waals surface area contributed by atoms with Gasteiger partial charge in [-0.15, -0.1) is 0 Å². The first-order valence-corrected chi connectivity index (χ1v) is 10.4. The molecule has 2 aliphatic heterocycles. The summed E-state index contributed by atoms with van der Waals surface area (Å²) < 4.78 is 5.99. The lowest BCUT2D eigenvalue weighted by molar-refractivity contribution is -0.116. The molecule has 1 aromatic heterocycles. The molecule has 28 heavy (non-hydrogen) atoms. The van der Waals surface area contributed by atoms with Crippen LogP contribution in [0.2, 0.25) is 0 Å². The maximum absolute atomic E-state index is 12.3. The average molecular weight is 403 g/mol. The number of H-pyrrole nitrogens is 1. The molecule has 0 atom stereocenters. The summed E-state index contributed by atoms with van der Waals surface area (Å²) in [7, 11) is 0. The van der Waals surface area contributed by atoms with E-state index in [0.717, 1.165) is 53.3 Å². The van der Waals surface area contributed by atoms with Gasteiger partial charge in [-0.1, -0.05) is 11.6 Å². The molecule has 7 heteroatoms. The highest BCUT2D eigenvalue weighted by molar-refractivity contribution is 6.34. The molecule has 1 aromatic rings. The molecule has 6 nitrogen and oxygen atoms in total. The minimum Gasteiger partial charge on any atom is -0.376 e. The zero-order chi connectivity index (χ0) is 19.8. The Morgan fingerprint density at radius 1 is 1.32 bits per heavy atom. The van der Waals surface area contributed by atoms with Crippen LogP contribution in [0.1, 0.15) is 52.0 Å². The second kappa shape index (κ2) is 7.84. The lowest BCUT2D eigenvalue weighted by Gasteiger charge is -2.30. The summed E-state index contributed by atoms with van der Waals surface area (Å²) in [4.78, 5) is 17.5. The van der Waals surface area contributed by atoms with Gasteiger partial charge in [0.25, 0.3) is 0 Å². The molecule has 0 bridgehead atoms. The van der Waals surface area contributed by atoms with Gasteiger partial charge in [-0.05, 0) is 51.7 Å². The zero-order valence-electron chi connectivity index (χ0n) is 16.7. The number of anilines is 1. The Morgan fingerprint density at radius 2 is 2.07 bits per heavy atom. The molecule has 150 valence electrons. The number of rotatable bonds is 3. The lowest BCUT2D eigenvalue weighted by atomic mass is 9.84. The minimum absolute atomic E-state index is 0.00512. The van der Waals surface area contributed by atoms with Gasteiger partial charge in [-0.3, -0.25) is 4.79 Å². The van der Waals surface area contributed by atoms with E-state index in [0.29, 0.717) is 30.1 Å². The van der Waals surface area contributed by atoms with Crippen LogP contribution in [-0.2, 0) is 16.1 Å². The van der Waals surface area contributed by atoms with Crippen LogP contribution < -0.4 is 15.6 Å². The molecule has 0 saturated heterocycles. The molecule has 3 heterocycles. The molecule has 1 saturated carbocycles. The smallest absolute Gasteiger partial charge is 0.224 e. The monoisotopic (exact) mass is 402 g/mol. The number of fused-ring (bicyclic) bond motifs is 3. The summed E-state index contributed by atoms with van der Waals surface area (Å²) in [5.41, 5.74) is 2.95. The predicted octanol–water partition coefficient (Wildman–Crippen LogP) is 3.34. The van der Waals surface area contributed by atoms with E-state index >= 15 is 0 Å². The average Bonchev–Trinajstić information content (AvgIpc) is 2.90.